The van der Waals surface area contributed by atoms with Crippen LogP contribution in [0.4, 0.5) is 0 Å². The number of para-hydroxylation sites is 1. The molecule has 0 aliphatic rings. The van der Waals surface area contributed by atoms with Crippen molar-refractivity contribution in [3.8, 4) is 0 Å². The average Bonchev–Trinajstić information content (AvgIpc) is 3.27. The van der Waals surface area contributed by atoms with E-state index < -0.39 is 60.2 Å². The van der Waals surface area contributed by atoms with Gasteiger partial charge in [0, 0.05) is 23.5 Å². The molecule has 0 radical (unpaired) electrons. The van der Waals surface area contributed by atoms with Gasteiger partial charge in [0.1, 0.15) is 18.1 Å². The van der Waals surface area contributed by atoms with Crippen molar-refractivity contribution in [3.05, 3.63) is 36.0 Å². The zero-order chi connectivity index (χ0) is 28.4. The predicted octanol–water partition coefficient (Wildman–Crippen LogP) is 0.461. The van der Waals surface area contributed by atoms with Crippen LogP contribution in [0.25, 0.3) is 10.9 Å². The Morgan fingerprint density at radius 1 is 0.947 bits per heavy atom. The summed E-state index contributed by atoms with van der Waals surface area (Å²) in [6.45, 7) is 3.41. The number of thioether (sulfide) groups is 1. The fourth-order valence-corrected chi connectivity index (χ4v) is 4.20. The van der Waals surface area contributed by atoms with Crippen molar-refractivity contribution in [3.63, 3.8) is 0 Å². The van der Waals surface area contributed by atoms with Crippen LogP contribution in [0.2, 0.25) is 0 Å². The van der Waals surface area contributed by atoms with Crippen molar-refractivity contribution in [2.45, 2.75) is 57.3 Å². The molecule has 8 N–H and O–H groups in total. The highest BCUT2D eigenvalue weighted by Gasteiger charge is 2.32. The van der Waals surface area contributed by atoms with Crippen LogP contribution in [0.15, 0.2) is 30.5 Å². The molecule has 1 aromatic heterocycles. The molecular formula is C25H35N5O7S. The summed E-state index contributed by atoms with van der Waals surface area (Å²) >= 11 is 1.41. The predicted molar refractivity (Wildman–Crippen MR) is 143 cm³/mol. The van der Waals surface area contributed by atoms with Gasteiger partial charge in [-0.3, -0.25) is 19.2 Å². The first kappa shape index (κ1) is 30.6. The van der Waals surface area contributed by atoms with Gasteiger partial charge in [0.15, 0.2) is 0 Å². The molecule has 2 rings (SSSR count). The van der Waals surface area contributed by atoms with Crippen LogP contribution in [0.1, 0.15) is 32.3 Å². The lowest BCUT2D eigenvalue weighted by Crippen LogP contribution is -2.58. The van der Waals surface area contributed by atoms with Gasteiger partial charge >= 0.3 is 11.9 Å². The average molecular weight is 550 g/mol. The number of nitrogens with one attached hydrogen (secondary N) is 4. The van der Waals surface area contributed by atoms with Gasteiger partial charge in [-0.25, -0.2) is 4.79 Å². The highest BCUT2D eigenvalue weighted by atomic mass is 32.2. The molecule has 0 spiro atoms. The minimum atomic E-state index is -1.48. The third kappa shape index (κ3) is 8.77. The number of carbonyl (C=O) groups is 5. The highest BCUT2D eigenvalue weighted by Crippen LogP contribution is 2.19. The van der Waals surface area contributed by atoms with E-state index in [2.05, 4.69) is 20.9 Å². The third-order valence-corrected chi connectivity index (χ3v) is 6.63. The maximum atomic E-state index is 13.1. The van der Waals surface area contributed by atoms with Gasteiger partial charge in [0.25, 0.3) is 0 Å². The zero-order valence-electron chi connectivity index (χ0n) is 21.5. The number of aliphatic carboxylic acids is 2. The number of benzene rings is 1. The van der Waals surface area contributed by atoms with E-state index in [0.29, 0.717) is 11.3 Å². The van der Waals surface area contributed by atoms with Crippen molar-refractivity contribution >= 4 is 52.3 Å². The number of nitrogens with two attached hydrogens (primary N) is 1. The van der Waals surface area contributed by atoms with Gasteiger partial charge in [-0.2, -0.15) is 11.8 Å². The number of H-pyrrole nitrogens is 1. The Kier molecular flexibility index (Phi) is 11.6. The summed E-state index contributed by atoms with van der Waals surface area (Å²) in [6.07, 6.45) is 2.91. The van der Waals surface area contributed by atoms with Gasteiger partial charge in [-0.15, -0.1) is 0 Å². The molecule has 208 valence electrons. The second kappa shape index (κ2) is 14.4. The lowest BCUT2D eigenvalue weighted by molar-refractivity contribution is -0.143. The topological polar surface area (TPSA) is 204 Å². The molecular weight excluding hydrogens is 514 g/mol. The molecule has 3 amide bonds. The van der Waals surface area contributed by atoms with Crippen molar-refractivity contribution < 1.29 is 34.2 Å². The van der Waals surface area contributed by atoms with Crippen LogP contribution in [0, 0.1) is 5.92 Å². The molecule has 1 heterocycles. The van der Waals surface area contributed by atoms with Crippen molar-refractivity contribution in [2.24, 2.45) is 11.7 Å². The standard InChI is InChI=1S/C25H35N5O7S/c1-13(2)21(26)24(35)29-18(11-20(31)32)23(34)28-17(8-9-38-3)22(33)30-19(25(36)37)10-14-12-27-16-7-5-4-6-15(14)16/h4-7,12-13,17-19,21,27H,8-11,26H2,1-3H3,(H,28,34)(H,29,35)(H,30,33)(H,31,32)(H,36,37). The molecule has 2 aromatic rings. The molecule has 0 aliphatic carbocycles. The number of aromatic nitrogens is 1. The number of aromatic amines is 1. The summed E-state index contributed by atoms with van der Waals surface area (Å²) < 4.78 is 0. The monoisotopic (exact) mass is 549 g/mol. The number of carboxylic acid groups (broad SMARTS) is 2. The summed E-state index contributed by atoms with van der Waals surface area (Å²) in [5.41, 5.74) is 7.34. The lowest BCUT2D eigenvalue weighted by Gasteiger charge is -2.25. The van der Waals surface area contributed by atoms with Crippen LogP contribution in [0.5, 0.6) is 0 Å². The largest absolute Gasteiger partial charge is 0.481 e. The van der Waals surface area contributed by atoms with E-state index in [1.165, 1.54) is 11.8 Å². The maximum absolute atomic E-state index is 13.1. The molecule has 38 heavy (non-hydrogen) atoms. The number of hydrogen-bond acceptors (Lipinski definition) is 7. The number of hydrogen-bond donors (Lipinski definition) is 7. The molecule has 13 heteroatoms. The first-order chi connectivity index (χ1) is 17.9. The second-order valence-corrected chi connectivity index (χ2v) is 10.2. The molecule has 4 unspecified atom stereocenters. The van der Waals surface area contributed by atoms with Crippen LogP contribution in [-0.4, -0.2) is 81.0 Å². The fraction of sp³-hybridized carbons (Fsp3) is 0.480. The van der Waals surface area contributed by atoms with E-state index in [0.717, 1.165) is 10.9 Å². The van der Waals surface area contributed by atoms with Crippen LogP contribution >= 0.6 is 11.8 Å². The Morgan fingerprint density at radius 3 is 2.16 bits per heavy atom. The van der Waals surface area contributed by atoms with E-state index in [-0.39, 0.29) is 18.8 Å². The minimum Gasteiger partial charge on any atom is -0.481 e. The maximum Gasteiger partial charge on any atom is 0.326 e. The number of amides is 3. The van der Waals surface area contributed by atoms with E-state index in [1.54, 1.807) is 26.3 Å². The zero-order valence-corrected chi connectivity index (χ0v) is 22.3. The Morgan fingerprint density at radius 2 is 1.55 bits per heavy atom. The first-order valence-electron chi connectivity index (χ1n) is 12.1. The number of carbonyl (C=O) groups excluding carboxylic acids is 3. The Bertz CT molecular complexity index is 1150. The van der Waals surface area contributed by atoms with Gasteiger partial charge in [0.05, 0.1) is 12.5 Å². The smallest absolute Gasteiger partial charge is 0.326 e. The summed E-state index contributed by atoms with van der Waals surface area (Å²) in [5, 5.41) is 27.2. The van der Waals surface area contributed by atoms with Crippen LogP contribution in [-0.2, 0) is 30.4 Å². The van der Waals surface area contributed by atoms with E-state index >= 15 is 0 Å². The van der Waals surface area contributed by atoms with Gasteiger partial charge in [0.2, 0.25) is 17.7 Å². The van der Waals surface area contributed by atoms with E-state index in [1.807, 2.05) is 24.3 Å². The highest BCUT2D eigenvalue weighted by molar-refractivity contribution is 7.98. The summed E-state index contributed by atoms with van der Waals surface area (Å²) in [6, 6.07) is 2.47. The third-order valence-electron chi connectivity index (χ3n) is 5.99. The molecule has 0 saturated heterocycles. The Balaban J connectivity index is 2.18. The molecule has 0 bridgehead atoms. The second-order valence-electron chi connectivity index (χ2n) is 9.23. The van der Waals surface area contributed by atoms with Crippen molar-refractivity contribution in [1.82, 2.24) is 20.9 Å². The van der Waals surface area contributed by atoms with Crippen LogP contribution < -0.4 is 21.7 Å². The minimum absolute atomic E-state index is 0.000925. The van der Waals surface area contributed by atoms with E-state index in [4.69, 9.17) is 5.73 Å². The lowest BCUT2D eigenvalue weighted by atomic mass is 10.0. The van der Waals surface area contributed by atoms with Gasteiger partial charge in [-0.05, 0) is 36.0 Å². The number of carboxylic acids is 2. The quantitative estimate of drug-likeness (QED) is 0.165. The number of fused-ring (bicyclic) bond motifs is 1. The molecule has 0 fully saturated rings. The number of rotatable bonds is 15. The molecule has 4 atom stereocenters. The normalized spacial score (nSPS) is 14.3. The van der Waals surface area contributed by atoms with Crippen LogP contribution in [0.3, 0.4) is 0 Å². The fourth-order valence-electron chi connectivity index (χ4n) is 3.72. The van der Waals surface area contributed by atoms with Crippen molar-refractivity contribution in [2.75, 3.05) is 12.0 Å². The summed E-state index contributed by atoms with van der Waals surface area (Å²) in [4.78, 5) is 64.9. The van der Waals surface area contributed by atoms with Gasteiger partial charge in [-0.1, -0.05) is 32.0 Å². The van der Waals surface area contributed by atoms with E-state index in [9.17, 15) is 34.2 Å². The molecule has 0 aliphatic heterocycles. The van der Waals surface area contributed by atoms with Crippen molar-refractivity contribution in [1.29, 1.82) is 0 Å². The molecule has 12 nitrogen and oxygen atoms in total. The van der Waals surface area contributed by atoms with Gasteiger partial charge < -0.3 is 36.9 Å². The summed E-state index contributed by atoms with van der Waals surface area (Å²) in [5.74, 6) is -4.71. The molecule has 1 aromatic carbocycles. The SMILES string of the molecule is CSCCC(NC(=O)C(CC(=O)O)NC(=O)C(N)C(C)C)C(=O)NC(Cc1c[nH]c2ccccc12)C(=O)O. The Labute approximate surface area is 224 Å². The first-order valence-corrected chi connectivity index (χ1v) is 13.5. The molecule has 0 saturated carbocycles. The summed E-state index contributed by atoms with van der Waals surface area (Å²) in [7, 11) is 0. The Hall–Kier alpha value is -3.58.